The first-order chi connectivity index (χ1) is 9.44. The number of urea groups is 1. The highest BCUT2D eigenvalue weighted by atomic mass is 35.5. The molecule has 0 aromatic heterocycles. The minimum atomic E-state index is -2.99. The highest BCUT2D eigenvalue weighted by molar-refractivity contribution is 7.91. The number of rotatable bonds is 4. The van der Waals surface area contributed by atoms with E-state index in [2.05, 4.69) is 10.6 Å². The van der Waals surface area contributed by atoms with Crippen LogP contribution in [0.15, 0.2) is 24.3 Å². The van der Waals surface area contributed by atoms with Crippen molar-refractivity contribution < 1.29 is 17.9 Å². The molecule has 1 fully saturated rings. The molecule has 1 saturated heterocycles. The highest BCUT2D eigenvalue weighted by Gasteiger charge is 2.28. The van der Waals surface area contributed by atoms with E-state index in [1.807, 2.05) is 0 Å². The Kier molecular flexibility index (Phi) is 4.72. The number of carbonyl (C=O) groups excluding carboxylic acids is 1. The number of benzene rings is 1. The fourth-order valence-corrected chi connectivity index (χ4v) is 3.66. The first kappa shape index (κ1) is 14.9. The van der Waals surface area contributed by atoms with E-state index in [9.17, 15) is 13.2 Å². The highest BCUT2D eigenvalue weighted by Crippen LogP contribution is 2.15. The maximum Gasteiger partial charge on any atom is 0.317 e. The van der Waals surface area contributed by atoms with Gasteiger partial charge in [-0.05, 0) is 30.7 Å². The molecule has 1 aromatic carbocycles. The summed E-state index contributed by atoms with van der Waals surface area (Å²) in [5.74, 6) is 0.704. The summed E-state index contributed by atoms with van der Waals surface area (Å²) in [6, 6.07) is 5.97. The van der Waals surface area contributed by atoms with E-state index in [1.54, 1.807) is 24.3 Å². The van der Waals surface area contributed by atoms with Crippen molar-refractivity contribution in [3.05, 3.63) is 29.3 Å². The molecule has 0 aliphatic carbocycles. The van der Waals surface area contributed by atoms with Gasteiger partial charge in [-0.1, -0.05) is 11.6 Å². The monoisotopic (exact) mass is 318 g/mol. The lowest BCUT2D eigenvalue weighted by molar-refractivity contribution is 0.221. The minimum Gasteiger partial charge on any atom is -0.473 e. The zero-order valence-corrected chi connectivity index (χ0v) is 12.2. The van der Waals surface area contributed by atoms with Crippen LogP contribution in [0.2, 0.25) is 5.02 Å². The third kappa shape index (κ3) is 4.57. The smallest absolute Gasteiger partial charge is 0.317 e. The summed E-state index contributed by atoms with van der Waals surface area (Å²) < 4.78 is 27.8. The van der Waals surface area contributed by atoms with Crippen LogP contribution in [0.3, 0.4) is 0 Å². The number of sulfone groups is 1. The molecule has 1 aliphatic rings. The quantitative estimate of drug-likeness (QED) is 0.816. The predicted octanol–water partition coefficient (Wildman–Crippen LogP) is 1.16. The number of carbonyl (C=O) groups is 1. The summed E-state index contributed by atoms with van der Waals surface area (Å²) in [7, 11) is -2.99. The maximum atomic E-state index is 11.5. The summed E-state index contributed by atoms with van der Waals surface area (Å²) in [5, 5.41) is 5.70. The second-order valence-corrected chi connectivity index (χ2v) is 7.16. The molecule has 2 rings (SSSR count). The van der Waals surface area contributed by atoms with Gasteiger partial charge >= 0.3 is 6.03 Å². The zero-order valence-electron chi connectivity index (χ0n) is 10.6. The first-order valence-corrected chi connectivity index (χ1v) is 8.28. The van der Waals surface area contributed by atoms with Crippen molar-refractivity contribution in [2.24, 2.45) is 0 Å². The van der Waals surface area contributed by atoms with Crippen molar-refractivity contribution in [1.82, 2.24) is 10.6 Å². The number of halogens is 1. The molecule has 0 saturated carbocycles. The molecule has 1 heterocycles. The standard InChI is InChI=1S/C12H15ClN2O4S/c13-9-1-3-11(4-2-9)19-8-14-12(16)15-10-5-6-20(17,18)7-10/h1-4,10H,5-8H2,(H2,14,15,16). The normalized spacial score (nSPS) is 20.4. The van der Waals surface area contributed by atoms with Crippen molar-refractivity contribution in [1.29, 1.82) is 0 Å². The van der Waals surface area contributed by atoms with E-state index in [0.29, 0.717) is 17.2 Å². The maximum absolute atomic E-state index is 11.5. The van der Waals surface area contributed by atoms with Crippen LogP contribution in [0, 0.1) is 0 Å². The summed E-state index contributed by atoms with van der Waals surface area (Å²) in [6.07, 6.45) is 0.452. The van der Waals surface area contributed by atoms with E-state index in [0.717, 1.165) is 0 Å². The third-order valence-corrected chi connectivity index (χ3v) is 4.87. The van der Waals surface area contributed by atoms with Crippen LogP contribution in [0.25, 0.3) is 0 Å². The molecule has 0 radical (unpaired) electrons. The summed E-state index contributed by atoms with van der Waals surface area (Å²) in [5.41, 5.74) is 0. The largest absolute Gasteiger partial charge is 0.473 e. The van der Waals surface area contributed by atoms with Gasteiger partial charge in [-0.15, -0.1) is 0 Å². The molecule has 1 aromatic rings. The molecule has 2 amide bonds. The lowest BCUT2D eigenvalue weighted by Crippen LogP contribution is -2.43. The molecular formula is C12H15ClN2O4S. The van der Waals surface area contributed by atoms with E-state index < -0.39 is 15.9 Å². The van der Waals surface area contributed by atoms with E-state index in [1.165, 1.54) is 0 Å². The van der Waals surface area contributed by atoms with Crippen LogP contribution >= 0.6 is 11.6 Å². The topological polar surface area (TPSA) is 84.5 Å². The molecule has 0 spiro atoms. The van der Waals surface area contributed by atoms with Gasteiger partial charge in [0.1, 0.15) is 5.75 Å². The summed E-state index contributed by atoms with van der Waals surface area (Å²) in [4.78, 5) is 11.5. The Morgan fingerprint density at radius 3 is 2.65 bits per heavy atom. The molecule has 20 heavy (non-hydrogen) atoms. The molecule has 1 unspecified atom stereocenters. The second kappa shape index (κ2) is 6.32. The van der Waals surface area contributed by atoms with Gasteiger partial charge in [0.2, 0.25) is 0 Å². The van der Waals surface area contributed by atoms with Gasteiger partial charge in [0.05, 0.1) is 11.5 Å². The molecule has 1 aliphatic heterocycles. The van der Waals surface area contributed by atoms with Crippen molar-refractivity contribution in [3.8, 4) is 5.75 Å². The Balaban J connectivity index is 1.69. The van der Waals surface area contributed by atoms with Crippen molar-refractivity contribution in [2.75, 3.05) is 18.2 Å². The Labute approximate surface area is 122 Å². The molecule has 8 heteroatoms. The lowest BCUT2D eigenvalue weighted by Gasteiger charge is -2.12. The number of hydrogen-bond acceptors (Lipinski definition) is 4. The first-order valence-electron chi connectivity index (χ1n) is 6.08. The summed E-state index contributed by atoms with van der Waals surface area (Å²) >= 11 is 5.73. The Morgan fingerprint density at radius 1 is 1.35 bits per heavy atom. The van der Waals surface area contributed by atoms with Crippen LogP contribution in [0.1, 0.15) is 6.42 Å². The molecule has 1 atom stereocenters. The van der Waals surface area contributed by atoms with Crippen molar-refractivity contribution in [3.63, 3.8) is 0 Å². The average Bonchev–Trinajstić information content (AvgIpc) is 2.71. The number of hydrogen-bond donors (Lipinski definition) is 2. The van der Waals surface area contributed by atoms with Crippen LogP contribution in [0.4, 0.5) is 4.79 Å². The number of amides is 2. The molecule has 0 bridgehead atoms. The summed E-state index contributed by atoms with van der Waals surface area (Å²) in [6.45, 7) is -0.00701. The lowest BCUT2D eigenvalue weighted by atomic mass is 10.3. The van der Waals surface area contributed by atoms with Gasteiger partial charge in [-0.2, -0.15) is 0 Å². The van der Waals surface area contributed by atoms with Gasteiger partial charge in [-0.3, -0.25) is 0 Å². The Bertz CT molecular complexity index is 574. The van der Waals surface area contributed by atoms with E-state index >= 15 is 0 Å². The van der Waals surface area contributed by atoms with Gasteiger partial charge in [0.25, 0.3) is 0 Å². The van der Waals surface area contributed by atoms with Crippen molar-refractivity contribution in [2.45, 2.75) is 12.5 Å². The molecule has 2 N–H and O–H groups in total. The molecule has 6 nitrogen and oxygen atoms in total. The van der Waals surface area contributed by atoms with Crippen molar-refractivity contribution >= 4 is 27.5 Å². The predicted molar refractivity (Wildman–Crippen MR) is 75.7 cm³/mol. The fourth-order valence-electron chi connectivity index (χ4n) is 1.86. The third-order valence-electron chi connectivity index (χ3n) is 2.85. The molecular weight excluding hydrogens is 304 g/mol. The van der Waals surface area contributed by atoms with Crippen LogP contribution in [-0.2, 0) is 9.84 Å². The van der Waals surface area contributed by atoms with Gasteiger partial charge < -0.3 is 15.4 Å². The van der Waals surface area contributed by atoms with Gasteiger partial charge in [0, 0.05) is 11.1 Å². The zero-order chi connectivity index (χ0) is 14.6. The van der Waals surface area contributed by atoms with E-state index in [-0.39, 0.29) is 24.3 Å². The van der Waals surface area contributed by atoms with E-state index in [4.69, 9.17) is 16.3 Å². The SMILES string of the molecule is O=C(NCOc1ccc(Cl)cc1)NC1CCS(=O)(=O)C1. The Hall–Kier alpha value is -1.47. The van der Waals surface area contributed by atoms with Gasteiger partial charge in [0.15, 0.2) is 16.6 Å². The van der Waals surface area contributed by atoms with Crippen LogP contribution < -0.4 is 15.4 Å². The van der Waals surface area contributed by atoms with Gasteiger partial charge in [-0.25, -0.2) is 13.2 Å². The Morgan fingerprint density at radius 2 is 2.05 bits per heavy atom. The minimum absolute atomic E-state index is 0.00153. The molecule has 110 valence electrons. The van der Waals surface area contributed by atoms with Crippen LogP contribution in [0.5, 0.6) is 5.75 Å². The average molecular weight is 319 g/mol. The number of ether oxygens (including phenoxy) is 1. The number of nitrogens with one attached hydrogen (secondary N) is 2. The van der Waals surface area contributed by atoms with Crippen LogP contribution in [-0.4, -0.2) is 38.7 Å². The fraction of sp³-hybridized carbons (Fsp3) is 0.417. The second-order valence-electron chi connectivity index (χ2n) is 4.49.